The van der Waals surface area contributed by atoms with E-state index in [2.05, 4.69) is 86.1 Å². The Labute approximate surface area is 136 Å². The highest BCUT2D eigenvalue weighted by molar-refractivity contribution is 6.05. The van der Waals surface area contributed by atoms with E-state index < -0.39 is 0 Å². The first-order chi connectivity index (χ1) is 11.1. The van der Waals surface area contributed by atoms with Crippen molar-refractivity contribution in [1.29, 1.82) is 0 Å². The molecule has 1 aromatic heterocycles. The van der Waals surface area contributed by atoms with Gasteiger partial charge in [-0.1, -0.05) is 68.4 Å². The van der Waals surface area contributed by atoms with Gasteiger partial charge in [-0.2, -0.15) is 0 Å². The van der Waals surface area contributed by atoms with Crippen LogP contribution in [-0.4, -0.2) is 9.55 Å². The second-order valence-electron chi connectivity index (χ2n) is 6.43. The Kier molecular flexibility index (Phi) is 3.19. The van der Waals surface area contributed by atoms with E-state index in [4.69, 9.17) is 4.98 Å². The van der Waals surface area contributed by atoms with Crippen LogP contribution in [0.1, 0.15) is 25.3 Å². The maximum atomic E-state index is 4.95. The SMILES string of the molecule is CC(C)c1ccc(-c2nc3c4ccccc4ccc3n2C)cc1. The van der Waals surface area contributed by atoms with Crippen molar-refractivity contribution in [3.63, 3.8) is 0 Å². The highest BCUT2D eigenvalue weighted by atomic mass is 15.1. The summed E-state index contributed by atoms with van der Waals surface area (Å²) in [6, 6.07) is 21.5. The monoisotopic (exact) mass is 300 g/mol. The topological polar surface area (TPSA) is 17.8 Å². The molecular weight excluding hydrogens is 280 g/mol. The Morgan fingerprint density at radius 1 is 0.870 bits per heavy atom. The number of hydrogen-bond donors (Lipinski definition) is 0. The minimum absolute atomic E-state index is 0.549. The zero-order chi connectivity index (χ0) is 16.0. The van der Waals surface area contributed by atoms with Crippen molar-refractivity contribution in [2.24, 2.45) is 7.05 Å². The van der Waals surface area contributed by atoms with Gasteiger partial charge in [0.2, 0.25) is 0 Å². The van der Waals surface area contributed by atoms with Crippen molar-refractivity contribution in [3.8, 4) is 11.4 Å². The molecule has 0 radical (unpaired) electrons. The summed E-state index contributed by atoms with van der Waals surface area (Å²) in [6.07, 6.45) is 0. The van der Waals surface area contributed by atoms with E-state index in [1.54, 1.807) is 0 Å². The number of nitrogens with zero attached hydrogens (tertiary/aromatic N) is 2. The lowest BCUT2D eigenvalue weighted by Gasteiger charge is -2.07. The summed E-state index contributed by atoms with van der Waals surface area (Å²) in [5.74, 6) is 1.57. The first-order valence-corrected chi connectivity index (χ1v) is 8.09. The average molecular weight is 300 g/mol. The van der Waals surface area contributed by atoms with Gasteiger partial charge in [0, 0.05) is 18.0 Å². The molecule has 0 atom stereocenters. The second-order valence-corrected chi connectivity index (χ2v) is 6.43. The highest BCUT2D eigenvalue weighted by Gasteiger charge is 2.12. The Balaban J connectivity index is 1.93. The number of aryl methyl sites for hydroxylation is 1. The normalized spacial score (nSPS) is 11.7. The third-order valence-electron chi connectivity index (χ3n) is 4.61. The molecule has 0 aliphatic carbocycles. The van der Waals surface area contributed by atoms with Crippen molar-refractivity contribution in [2.75, 3.05) is 0 Å². The van der Waals surface area contributed by atoms with Crippen molar-refractivity contribution < 1.29 is 0 Å². The standard InChI is InChI=1S/C21H20N2/c1-14(2)15-8-10-17(11-9-15)21-22-20-18-7-5-4-6-16(18)12-13-19(20)23(21)3/h4-14H,1-3H3. The van der Waals surface area contributed by atoms with Gasteiger partial charge in [-0.3, -0.25) is 0 Å². The van der Waals surface area contributed by atoms with Crippen LogP contribution in [0, 0.1) is 0 Å². The number of fused-ring (bicyclic) bond motifs is 3. The molecule has 1 heterocycles. The molecule has 0 fully saturated rings. The molecule has 0 unspecified atom stereocenters. The van der Waals surface area contributed by atoms with Crippen LogP contribution in [-0.2, 0) is 7.05 Å². The second kappa shape index (κ2) is 5.24. The molecule has 0 aliphatic heterocycles. The number of rotatable bonds is 2. The molecule has 0 aliphatic rings. The smallest absolute Gasteiger partial charge is 0.140 e. The molecule has 0 amide bonds. The van der Waals surface area contributed by atoms with E-state index in [-0.39, 0.29) is 0 Å². The summed E-state index contributed by atoms with van der Waals surface area (Å²) in [4.78, 5) is 4.95. The largest absolute Gasteiger partial charge is 0.327 e. The molecule has 0 saturated carbocycles. The van der Waals surface area contributed by atoms with Gasteiger partial charge in [0.05, 0.1) is 11.0 Å². The molecule has 2 heteroatoms. The van der Waals surface area contributed by atoms with Crippen LogP contribution < -0.4 is 0 Å². The third-order valence-corrected chi connectivity index (χ3v) is 4.61. The minimum Gasteiger partial charge on any atom is -0.327 e. The van der Waals surface area contributed by atoms with E-state index >= 15 is 0 Å². The Morgan fingerprint density at radius 2 is 1.61 bits per heavy atom. The highest BCUT2D eigenvalue weighted by Crippen LogP contribution is 2.29. The molecular formula is C21H20N2. The summed E-state index contributed by atoms with van der Waals surface area (Å²) >= 11 is 0. The van der Waals surface area contributed by atoms with Crippen molar-refractivity contribution >= 4 is 21.8 Å². The molecule has 0 saturated heterocycles. The van der Waals surface area contributed by atoms with Crippen LogP contribution in [0.15, 0.2) is 60.7 Å². The van der Waals surface area contributed by atoms with E-state index in [0.717, 1.165) is 16.9 Å². The lowest BCUT2D eigenvalue weighted by atomic mass is 10.0. The van der Waals surface area contributed by atoms with Gasteiger partial charge < -0.3 is 4.57 Å². The van der Waals surface area contributed by atoms with Gasteiger partial charge in [0.15, 0.2) is 0 Å². The number of benzene rings is 3. The molecule has 3 aromatic carbocycles. The van der Waals surface area contributed by atoms with Crippen LogP contribution >= 0.6 is 0 Å². The van der Waals surface area contributed by atoms with Gasteiger partial charge in [0.25, 0.3) is 0 Å². The van der Waals surface area contributed by atoms with Crippen molar-refractivity contribution in [3.05, 3.63) is 66.2 Å². The Hall–Kier alpha value is -2.61. The molecule has 4 rings (SSSR count). The number of imidazole rings is 1. The van der Waals surface area contributed by atoms with Crippen molar-refractivity contribution in [1.82, 2.24) is 9.55 Å². The maximum Gasteiger partial charge on any atom is 0.140 e. The van der Waals surface area contributed by atoms with Crippen LogP contribution in [0.25, 0.3) is 33.2 Å². The molecule has 0 spiro atoms. The van der Waals surface area contributed by atoms with Crippen LogP contribution in [0.3, 0.4) is 0 Å². The zero-order valence-corrected chi connectivity index (χ0v) is 13.7. The molecule has 0 N–H and O–H groups in total. The van der Waals surface area contributed by atoms with Crippen LogP contribution in [0.2, 0.25) is 0 Å². The minimum atomic E-state index is 0.549. The van der Waals surface area contributed by atoms with E-state index in [0.29, 0.717) is 5.92 Å². The quantitative estimate of drug-likeness (QED) is 0.477. The summed E-state index contributed by atoms with van der Waals surface area (Å²) in [7, 11) is 2.09. The number of aromatic nitrogens is 2. The maximum absolute atomic E-state index is 4.95. The fourth-order valence-electron chi connectivity index (χ4n) is 3.20. The lowest BCUT2D eigenvalue weighted by Crippen LogP contribution is -1.93. The van der Waals surface area contributed by atoms with Crippen molar-refractivity contribution in [2.45, 2.75) is 19.8 Å². The predicted molar refractivity (Wildman–Crippen MR) is 97.7 cm³/mol. The summed E-state index contributed by atoms with van der Waals surface area (Å²) in [5.41, 5.74) is 4.77. The molecule has 0 bridgehead atoms. The van der Waals surface area contributed by atoms with Gasteiger partial charge >= 0.3 is 0 Å². The summed E-state index contributed by atoms with van der Waals surface area (Å²) in [5, 5.41) is 2.45. The zero-order valence-electron chi connectivity index (χ0n) is 13.7. The Morgan fingerprint density at radius 3 is 2.35 bits per heavy atom. The number of hydrogen-bond acceptors (Lipinski definition) is 1. The van der Waals surface area contributed by atoms with Crippen LogP contribution in [0.5, 0.6) is 0 Å². The predicted octanol–water partition coefficient (Wildman–Crippen LogP) is 5.52. The molecule has 114 valence electrons. The lowest BCUT2D eigenvalue weighted by molar-refractivity contribution is 0.866. The average Bonchev–Trinajstić information content (AvgIpc) is 2.92. The van der Waals surface area contributed by atoms with E-state index in [1.165, 1.54) is 21.9 Å². The van der Waals surface area contributed by atoms with Gasteiger partial charge in [-0.25, -0.2) is 4.98 Å². The van der Waals surface area contributed by atoms with E-state index in [1.807, 2.05) is 0 Å². The van der Waals surface area contributed by atoms with Gasteiger partial charge in [-0.05, 0) is 22.9 Å². The van der Waals surface area contributed by atoms with E-state index in [9.17, 15) is 0 Å². The summed E-state index contributed by atoms with van der Waals surface area (Å²) < 4.78 is 2.19. The summed E-state index contributed by atoms with van der Waals surface area (Å²) in [6.45, 7) is 4.44. The third kappa shape index (κ3) is 2.22. The van der Waals surface area contributed by atoms with Gasteiger partial charge in [-0.15, -0.1) is 0 Å². The fourth-order valence-corrected chi connectivity index (χ4v) is 3.20. The van der Waals surface area contributed by atoms with Gasteiger partial charge in [0.1, 0.15) is 5.82 Å². The molecule has 4 aromatic rings. The fraction of sp³-hybridized carbons (Fsp3) is 0.190. The molecule has 23 heavy (non-hydrogen) atoms. The first-order valence-electron chi connectivity index (χ1n) is 8.09. The first kappa shape index (κ1) is 14.0. The van der Waals surface area contributed by atoms with Crippen LogP contribution in [0.4, 0.5) is 0 Å². The Bertz CT molecular complexity index is 992. The molecule has 2 nitrogen and oxygen atoms in total.